The molecule has 1 aromatic heterocycles. The fourth-order valence-corrected chi connectivity index (χ4v) is 4.97. The zero-order valence-corrected chi connectivity index (χ0v) is 23.6. The number of carbonyl (C=O) groups excluding carboxylic acids is 1. The number of aromatic nitrogens is 1. The number of hydrogen-bond donors (Lipinski definition) is 0. The van der Waals surface area contributed by atoms with Crippen LogP contribution in [0, 0.1) is 0 Å². The van der Waals surface area contributed by atoms with Gasteiger partial charge in [-0.3, -0.25) is 9.69 Å². The molecule has 0 aliphatic carbocycles. The van der Waals surface area contributed by atoms with Crippen molar-refractivity contribution < 1.29 is 19.0 Å². The standard InChI is InChI=1S/C31H34N2O4S/c1-31(2,3)24-12-8-23(9-13-24)29(34)33(18-17-21-7-16-27(36-5)28(19-21)37-6)30-32-26(20-38-30)22-10-14-25(35-4)15-11-22/h7-16,19-20H,17-18H2,1-6H3. The van der Waals surface area contributed by atoms with Gasteiger partial charge in [-0.2, -0.15) is 0 Å². The van der Waals surface area contributed by atoms with Gasteiger partial charge in [0, 0.05) is 23.1 Å². The summed E-state index contributed by atoms with van der Waals surface area (Å²) < 4.78 is 16.1. The molecule has 0 unspecified atom stereocenters. The van der Waals surface area contributed by atoms with E-state index in [1.165, 1.54) is 16.9 Å². The second-order valence-electron chi connectivity index (χ2n) is 9.97. The van der Waals surface area contributed by atoms with E-state index in [0.717, 1.165) is 22.6 Å². The van der Waals surface area contributed by atoms with Crippen molar-refractivity contribution in [1.82, 2.24) is 4.98 Å². The van der Waals surface area contributed by atoms with Gasteiger partial charge in [0.15, 0.2) is 16.6 Å². The maximum atomic E-state index is 13.8. The topological polar surface area (TPSA) is 60.9 Å². The summed E-state index contributed by atoms with van der Waals surface area (Å²) in [5, 5.41) is 2.64. The Morgan fingerprint density at radius 2 is 1.55 bits per heavy atom. The van der Waals surface area contributed by atoms with E-state index in [2.05, 4.69) is 20.8 Å². The number of methoxy groups -OCH3 is 3. The van der Waals surface area contributed by atoms with E-state index in [9.17, 15) is 4.79 Å². The van der Waals surface area contributed by atoms with Crippen LogP contribution < -0.4 is 19.1 Å². The minimum absolute atomic E-state index is 0.0112. The second-order valence-corrected chi connectivity index (χ2v) is 10.8. The van der Waals surface area contributed by atoms with Crippen molar-refractivity contribution >= 4 is 22.4 Å². The van der Waals surface area contributed by atoms with Gasteiger partial charge in [-0.15, -0.1) is 11.3 Å². The molecule has 0 radical (unpaired) electrons. The van der Waals surface area contributed by atoms with Crippen LogP contribution in [0.1, 0.15) is 42.3 Å². The predicted octanol–water partition coefficient (Wildman–Crippen LogP) is 7.02. The summed E-state index contributed by atoms with van der Waals surface area (Å²) in [7, 11) is 4.88. The second kappa shape index (κ2) is 11.7. The van der Waals surface area contributed by atoms with Crippen LogP contribution >= 0.6 is 11.3 Å². The largest absolute Gasteiger partial charge is 0.497 e. The smallest absolute Gasteiger partial charge is 0.260 e. The molecule has 0 N–H and O–H groups in total. The van der Waals surface area contributed by atoms with Gasteiger partial charge in [-0.05, 0) is 71.5 Å². The minimum atomic E-state index is -0.0819. The molecule has 4 rings (SSSR count). The van der Waals surface area contributed by atoms with Crippen LogP contribution in [-0.4, -0.2) is 38.8 Å². The van der Waals surface area contributed by atoms with Crippen molar-refractivity contribution in [2.24, 2.45) is 0 Å². The summed E-state index contributed by atoms with van der Waals surface area (Å²) in [4.78, 5) is 20.4. The van der Waals surface area contributed by atoms with Crippen molar-refractivity contribution in [3.8, 4) is 28.5 Å². The Kier molecular flexibility index (Phi) is 8.37. The van der Waals surface area contributed by atoms with Gasteiger partial charge in [0.1, 0.15) is 5.75 Å². The Hall–Kier alpha value is -3.84. The number of ether oxygens (including phenoxy) is 3. The fourth-order valence-electron chi connectivity index (χ4n) is 4.11. The molecule has 0 saturated heterocycles. The van der Waals surface area contributed by atoms with Gasteiger partial charge in [-0.1, -0.05) is 39.0 Å². The van der Waals surface area contributed by atoms with E-state index in [4.69, 9.17) is 19.2 Å². The zero-order valence-electron chi connectivity index (χ0n) is 22.8. The molecule has 198 valence electrons. The van der Waals surface area contributed by atoms with Gasteiger partial charge >= 0.3 is 0 Å². The average molecular weight is 531 g/mol. The van der Waals surface area contributed by atoms with Crippen LogP contribution in [0.2, 0.25) is 0 Å². The zero-order chi connectivity index (χ0) is 27.3. The highest BCUT2D eigenvalue weighted by atomic mass is 32.1. The van der Waals surface area contributed by atoms with Gasteiger partial charge < -0.3 is 14.2 Å². The van der Waals surface area contributed by atoms with Crippen LogP contribution in [0.4, 0.5) is 5.13 Å². The summed E-state index contributed by atoms with van der Waals surface area (Å²) in [5.41, 5.74) is 4.65. The first-order valence-corrected chi connectivity index (χ1v) is 13.3. The van der Waals surface area contributed by atoms with Crippen LogP contribution in [0.5, 0.6) is 17.2 Å². The van der Waals surface area contributed by atoms with Gasteiger partial charge in [0.05, 0.1) is 27.0 Å². The number of amides is 1. The summed E-state index contributed by atoms with van der Waals surface area (Å²) in [5.74, 6) is 2.04. The molecule has 0 spiro atoms. The third-order valence-electron chi connectivity index (χ3n) is 6.42. The summed E-state index contributed by atoms with van der Waals surface area (Å²) >= 11 is 1.46. The first-order chi connectivity index (χ1) is 18.2. The van der Waals surface area contributed by atoms with Crippen molar-refractivity contribution in [2.75, 3.05) is 32.8 Å². The highest BCUT2D eigenvalue weighted by molar-refractivity contribution is 7.14. The van der Waals surface area contributed by atoms with Crippen molar-refractivity contribution in [3.63, 3.8) is 0 Å². The number of nitrogens with zero attached hydrogens (tertiary/aromatic N) is 2. The summed E-state index contributed by atoms with van der Waals surface area (Å²) in [6, 6.07) is 21.5. The van der Waals surface area contributed by atoms with E-state index >= 15 is 0 Å². The monoisotopic (exact) mass is 530 g/mol. The van der Waals surface area contributed by atoms with E-state index in [-0.39, 0.29) is 11.3 Å². The van der Waals surface area contributed by atoms with E-state index < -0.39 is 0 Å². The summed E-state index contributed by atoms with van der Waals surface area (Å²) in [6.07, 6.45) is 0.629. The molecule has 0 saturated carbocycles. The van der Waals surface area contributed by atoms with Gasteiger partial charge in [0.25, 0.3) is 5.91 Å². The number of benzene rings is 3. The minimum Gasteiger partial charge on any atom is -0.497 e. The molecular formula is C31H34N2O4S. The molecule has 4 aromatic rings. The van der Waals surface area contributed by atoms with Crippen LogP contribution in [-0.2, 0) is 11.8 Å². The molecule has 0 aliphatic heterocycles. The van der Waals surface area contributed by atoms with Crippen LogP contribution in [0.3, 0.4) is 0 Å². The number of hydrogen-bond acceptors (Lipinski definition) is 6. The van der Waals surface area contributed by atoms with E-state index in [1.807, 2.05) is 72.1 Å². The Balaban J connectivity index is 1.64. The molecule has 0 atom stereocenters. The average Bonchev–Trinajstić information content (AvgIpc) is 3.42. The molecule has 1 amide bonds. The molecule has 0 fully saturated rings. The van der Waals surface area contributed by atoms with E-state index in [1.54, 1.807) is 26.2 Å². The van der Waals surface area contributed by atoms with Crippen molar-refractivity contribution in [3.05, 3.63) is 88.8 Å². The normalized spacial score (nSPS) is 11.2. The molecule has 6 nitrogen and oxygen atoms in total. The lowest BCUT2D eigenvalue weighted by atomic mass is 9.86. The molecule has 0 aliphatic rings. The fraction of sp³-hybridized carbons (Fsp3) is 0.290. The SMILES string of the molecule is COc1ccc(-c2csc(N(CCc3ccc(OC)c(OC)c3)C(=O)c3ccc(C(C)(C)C)cc3)n2)cc1. The Bertz CT molecular complexity index is 1370. The first-order valence-electron chi connectivity index (χ1n) is 12.5. The van der Waals surface area contributed by atoms with Gasteiger partial charge in [-0.25, -0.2) is 4.98 Å². The highest BCUT2D eigenvalue weighted by Crippen LogP contribution is 2.31. The van der Waals surface area contributed by atoms with Crippen molar-refractivity contribution in [2.45, 2.75) is 32.6 Å². The first kappa shape index (κ1) is 27.2. The lowest BCUT2D eigenvalue weighted by molar-refractivity contribution is 0.0987. The third kappa shape index (κ3) is 6.17. The van der Waals surface area contributed by atoms with Crippen LogP contribution in [0.15, 0.2) is 72.1 Å². The molecule has 1 heterocycles. The number of rotatable bonds is 9. The Morgan fingerprint density at radius 3 is 2.16 bits per heavy atom. The van der Waals surface area contributed by atoms with Crippen LogP contribution in [0.25, 0.3) is 11.3 Å². The lowest BCUT2D eigenvalue weighted by Gasteiger charge is -2.22. The van der Waals surface area contributed by atoms with E-state index in [0.29, 0.717) is 35.2 Å². The molecule has 38 heavy (non-hydrogen) atoms. The molecular weight excluding hydrogens is 496 g/mol. The van der Waals surface area contributed by atoms with Gasteiger partial charge in [0.2, 0.25) is 0 Å². The third-order valence-corrected chi connectivity index (χ3v) is 7.29. The molecule has 0 bridgehead atoms. The number of carbonyl (C=O) groups is 1. The Morgan fingerprint density at radius 1 is 0.868 bits per heavy atom. The number of anilines is 1. The number of thiazole rings is 1. The highest BCUT2D eigenvalue weighted by Gasteiger charge is 2.22. The quantitative estimate of drug-likeness (QED) is 0.233. The molecule has 7 heteroatoms. The maximum Gasteiger partial charge on any atom is 0.260 e. The van der Waals surface area contributed by atoms with Crippen molar-refractivity contribution in [1.29, 1.82) is 0 Å². The summed E-state index contributed by atoms with van der Waals surface area (Å²) in [6.45, 7) is 6.95. The maximum absolute atomic E-state index is 13.8. The Labute approximate surface area is 228 Å². The predicted molar refractivity (Wildman–Crippen MR) is 154 cm³/mol. The lowest BCUT2D eigenvalue weighted by Crippen LogP contribution is -2.33. The molecule has 3 aromatic carbocycles.